The summed E-state index contributed by atoms with van der Waals surface area (Å²) in [6.45, 7) is 3.83. The minimum Gasteiger partial charge on any atom is -0.489 e. The minimum atomic E-state index is -0.426. The van der Waals surface area contributed by atoms with Gasteiger partial charge in [0.25, 0.3) is 0 Å². The Morgan fingerprint density at radius 2 is 1.65 bits per heavy atom. The highest BCUT2D eigenvalue weighted by atomic mass is 35.5. The van der Waals surface area contributed by atoms with Gasteiger partial charge >= 0.3 is 5.97 Å². The number of fused-ring (bicyclic) bond motifs is 1. The summed E-state index contributed by atoms with van der Waals surface area (Å²) in [7, 11) is 0. The first-order valence-corrected chi connectivity index (χ1v) is 11.2. The van der Waals surface area contributed by atoms with Crippen molar-refractivity contribution in [2.75, 3.05) is 6.61 Å². The van der Waals surface area contributed by atoms with E-state index in [-0.39, 0.29) is 24.4 Å². The van der Waals surface area contributed by atoms with Crippen LogP contribution in [0, 0.1) is 6.92 Å². The van der Waals surface area contributed by atoms with E-state index in [0.29, 0.717) is 49.4 Å². The molecule has 174 valence electrons. The van der Waals surface area contributed by atoms with E-state index < -0.39 is 5.97 Å². The van der Waals surface area contributed by atoms with Crippen LogP contribution in [-0.2, 0) is 11.3 Å². The van der Waals surface area contributed by atoms with E-state index in [4.69, 9.17) is 41.8 Å². The summed E-state index contributed by atoms with van der Waals surface area (Å²) < 4.78 is 22.4. The molecule has 0 saturated heterocycles. The van der Waals surface area contributed by atoms with Crippen LogP contribution < -0.4 is 14.9 Å². The number of carbonyl (C=O) groups excluding carboxylic acids is 1. The van der Waals surface area contributed by atoms with Crippen molar-refractivity contribution >= 4 is 40.1 Å². The number of halogens is 2. The molecule has 0 amide bonds. The van der Waals surface area contributed by atoms with Crippen LogP contribution in [-0.4, -0.2) is 12.6 Å². The van der Waals surface area contributed by atoms with Crippen LogP contribution in [0.4, 0.5) is 0 Å². The molecule has 3 aromatic carbocycles. The number of benzene rings is 3. The Morgan fingerprint density at radius 1 is 0.971 bits per heavy atom. The van der Waals surface area contributed by atoms with Crippen molar-refractivity contribution in [3.63, 3.8) is 0 Å². The van der Waals surface area contributed by atoms with Gasteiger partial charge in [-0.25, -0.2) is 4.79 Å². The predicted molar refractivity (Wildman–Crippen MR) is 130 cm³/mol. The maximum Gasteiger partial charge on any atom is 0.338 e. The lowest BCUT2D eigenvalue weighted by Crippen LogP contribution is -2.08. The number of hydrogen-bond donors (Lipinski definition) is 0. The summed E-state index contributed by atoms with van der Waals surface area (Å²) in [4.78, 5) is 24.9. The van der Waals surface area contributed by atoms with Gasteiger partial charge in [-0.15, -0.1) is 0 Å². The van der Waals surface area contributed by atoms with E-state index in [1.54, 1.807) is 74.5 Å². The first-order chi connectivity index (χ1) is 16.4. The van der Waals surface area contributed by atoms with Crippen molar-refractivity contribution in [2.24, 2.45) is 0 Å². The maximum atomic E-state index is 13.1. The molecule has 0 spiro atoms. The van der Waals surface area contributed by atoms with Gasteiger partial charge in [-0.2, -0.15) is 0 Å². The first-order valence-electron chi connectivity index (χ1n) is 10.5. The fourth-order valence-electron chi connectivity index (χ4n) is 3.29. The van der Waals surface area contributed by atoms with Crippen LogP contribution in [0.1, 0.15) is 28.6 Å². The molecule has 4 aromatic rings. The molecular weight excluding hydrogens is 479 g/mol. The van der Waals surface area contributed by atoms with E-state index in [9.17, 15) is 9.59 Å². The molecule has 1 aromatic heterocycles. The van der Waals surface area contributed by atoms with Crippen molar-refractivity contribution in [2.45, 2.75) is 20.5 Å². The molecular formula is C26H20Cl2O6. The van der Waals surface area contributed by atoms with E-state index in [2.05, 4.69) is 0 Å². The topological polar surface area (TPSA) is 75.0 Å². The molecule has 0 aliphatic heterocycles. The average Bonchev–Trinajstić information content (AvgIpc) is 2.82. The zero-order chi connectivity index (χ0) is 24.2. The van der Waals surface area contributed by atoms with Gasteiger partial charge in [0.1, 0.15) is 29.4 Å². The van der Waals surface area contributed by atoms with Crippen molar-refractivity contribution in [3.8, 4) is 17.2 Å². The molecule has 4 rings (SSSR count). The molecule has 0 saturated carbocycles. The zero-order valence-electron chi connectivity index (χ0n) is 18.4. The van der Waals surface area contributed by atoms with Gasteiger partial charge in [0, 0.05) is 21.7 Å². The van der Waals surface area contributed by atoms with Crippen LogP contribution in [0.15, 0.2) is 69.9 Å². The van der Waals surface area contributed by atoms with Gasteiger partial charge in [-0.1, -0.05) is 29.3 Å². The van der Waals surface area contributed by atoms with Crippen molar-refractivity contribution in [3.05, 3.63) is 97.8 Å². The predicted octanol–water partition coefficient (Wildman–Crippen LogP) is 6.96. The summed E-state index contributed by atoms with van der Waals surface area (Å²) in [5.74, 6) is 0.824. The molecule has 1 heterocycles. The van der Waals surface area contributed by atoms with Gasteiger partial charge in [0.2, 0.25) is 11.2 Å². The lowest BCUT2D eigenvalue weighted by Gasteiger charge is -2.12. The summed E-state index contributed by atoms with van der Waals surface area (Å²) in [6.07, 6.45) is 0. The van der Waals surface area contributed by atoms with E-state index in [1.807, 2.05) is 0 Å². The first kappa shape index (κ1) is 23.7. The van der Waals surface area contributed by atoms with E-state index in [0.717, 1.165) is 0 Å². The van der Waals surface area contributed by atoms with Crippen LogP contribution >= 0.6 is 23.2 Å². The Labute approximate surface area is 205 Å². The maximum absolute atomic E-state index is 13.1. The van der Waals surface area contributed by atoms with Crippen LogP contribution in [0.2, 0.25) is 10.0 Å². The number of rotatable bonds is 7. The second kappa shape index (κ2) is 10.2. The second-order valence-electron chi connectivity index (χ2n) is 7.31. The number of aryl methyl sites for hydroxylation is 1. The Kier molecular flexibility index (Phi) is 7.10. The number of ether oxygens (including phenoxy) is 3. The largest absolute Gasteiger partial charge is 0.489 e. The second-order valence-corrected chi connectivity index (χ2v) is 8.12. The highest BCUT2D eigenvalue weighted by Crippen LogP contribution is 2.29. The SMILES string of the molecule is CCOC(=O)c1ccc(Oc2c(C)oc3cc(OCc4c(Cl)cccc4Cl)ccc3c2=O)cc1. The van der Waals surface area contributed by atoms with E-state index in [1.165, 1.54) is 0 Å². The molecule has 8 heteroatoms. The Morgan fingerprint density at radius 3 is 2.32 bits per heavy atom. The Balaban J connectivity index is 1.56. The normalized spacial score (nSPS) is 10.8. The van der Waals surface area contributed by atoms with Gasteiger partial charge < -0.3 is 18.6 Å². The van der Waals surface area contributed by atoms with Crippen LogP contribution in [0.5, 0.6) is 17.2 Å². The zero-order valence-corrected chi connectivity index (χ0v) is 19.9. The fourth-order valence-corrected chi connectivity index (χ4v) is 3.80. The molecule has 0 atom stereocenters. The third kappa shape index (κ3) is 5.03. The lowest BCUT2D eigenvalue weighted by atomic mass is 10.2. The quantitative estimate of drug-likeness (QED) is 0.256. The molecule has 0 fully saturated rings. The molecule has 34 heavy (non-hydrogen) atoms. The summed E-state index contributed by atoms with van der Waals surface area (Å²) in [5.41, 5.74) is 1.09. The monoisotopic (exact) mass is 498 g/mol. The molecule has 6 nitrogen and oxygen atoms in total. The fraction of sp³-hybridized carbons (Fsp3) is 0.154. The molecule has 0 aliphatic rings. The van der Waals surface area contributed by atoms with Crippen molar-refractivity contribution < 1.29 is 23.4 Å². The lowest BCUT2D eigenvalue weighted by molar-refractivity contribution is 0.0526. The minimum absolute atomic E-state index is 0.0629. The van der Waals surface area contributed by atoms with Gasteiger partial charge in [-0.05, 0) is 62.4 Å². The molecule has 0 radical (unpaired) electrons. The molecule has 0 N–H and O–H groups in total. The summed E-state index contributed by atoms with van der Waals surface area (Å²) in [5, 5.41) is 1.35. The Hall–Kier alpha value is -3.48. The number of esters is 1. The highest BCUT2D eigenvalue weighted by Gasteiger charge is 2.16. The van der Waals surface area contributed by atoms with Gasteiger partial charge in [-0.3, -0.25) is 4.79 Å². The van der Waals surface area contributed by atoms with Gasteiger partial charge in [0.15, 0.2) is 0 Å². The summed E-state index contributed by atoms with van der Waals surface area (Å²) >= 11 is 12.4. The van der Waals surface area contributed by atoms with E-state index >= 15 is 0 Å². The van der Waals surface area contributed by atoms with Crippen molar-refractivity contribution in [1.82, 2.24) is 0 Å². The smallest absolute Gasteiger partial charge is 0.338 e. The number of hydrogen-bond acceptors (Lipinski definition) is 6. The van der Waals surface area contributed by atoms with Crippen LogP contribution in [0.3, 0.4) is 0 Å². The molecule has 0 bridgehead atoms. The standard InChI is InChI=1S/C26H20Cl2O6/c1-3-31-26(30)16-7-9-17(10-8-16)34-25-15(2)33-23-13-18(11-12-19(23)24(25)29)32-14-20-21(27)5-4-6-22(20)28/h4-13H,3,14H2,1-2H3. The number of carbonyl (C=O) groups is 1. The Bertz CT molecular complexity index is 1390. The van der Waals surface area contributed by atoms with Gasteiger partial charge in [0.05, 0.1) is 17.6 Å². The van der Waals surface area contributed by atoms with Crippen LogP contribution in [0.25, 0.3) is 11.0 Å². The average molecular weight is 499 g/mol. The van der Waals surface area contributed by atoms with Crippen molar-refractivity contribution in [1.29, 1.82) is 0 Å². The third-order valence-corrected chi connectivity index (χ3v) is 5.73. The highest BCUT2D eigenvalue weighted by molar-refractivity contribution is 6.35. The molecule has 0 aliphatic carbocycles. The third-order valence-electron chi connectivity index (χ3n) is 5.02. The summed E-state index contributed by atoms with van der Waals surface area (Å²) in [6, 6.07) is 16.5. The molecule has 0 unspecified atom stereocenters.